The van der Waals surface area contributed by atoms with Crippen LogP contribution in [-0.2, 0) is 4.79 Å². The van der Waals surface area contributed by atoms with Crippen molar-refractivity contribution in [2.45, 2.75) is 45.6 Å². The van der Waals surface area contributed by atoms with E-state index in [1.807, 2.05) is 41.0 Å². The van der Waals surface area contributed by atoms with Crippen molar-refractivity contribution in [3.05, 3.63) is 29.8 Å². The van der Waals surface area contributed by atoms with Crippen LogP contribution in [0.5, 0.6) is 5.75 Å². The number of hydrogen-bond acceptors (Lipinski definition) is 4. The summed E-state index contributed by atoms with van der Waals surface area (Å²) >= 11 is 0. The highest BCUT2D eigenvalue weighted by Crippen LogP contribution is 2.20. The Kier molecular flexibility index (Phi) is 7.91. The molecule has 0 atom stereocenters. The Labute approximate surface area is 155 Å². The standard InChI is InChI=1S/C20H30N2O4/c1-3-5-14-26-18-8-6-16(7-9-18)20(25)22-12-10-17(11-13-22)21(4-2)15-19(23)24/h6-9,17H,3-5,10-15H2,1-2H3,(H,23,24). The van der Waals surface area contributed by atoms with Gasteiger partial charge in [-0.1, -0.05) is 20.3 Å². The molecule has 0 unspecified atom stereocenters. The van der Waals surface area contributed by atoms with Crippen LogP contribution in [0.4, 0.5) is 0 Å². The van der Waals surface area contributed by atoms with E-state index < -0.39 is 5.97 Å². The number of carboxylic acids is 1. The van der Waals surface area contributed by atoms with Gasteiger partial charge >= 0.3 is 5.97 Å². The molecular weight excluding hydrogens is 332 g/mol. The molecule has 1 heterocycles. The Hall–Kier alpha value is -2.08. The molecule has 0 spiro atoms. The molecule has 6 heteroatoms. The summed E-state index contributed by atoms with van der Waals surface area (Å²) in [6.07, 6.45) is 3.73. The van der Waals surface area contributed by atoms with Gasteiger partial charge in [0.05, 0.1) is 13.2 Å². The van der Waals surface area contributed by atoms with Crippen LogP contribution in [0.15, 0.2) is 24.3 Å². The van der Waals surface area contributed by atoms with Crippen molar-refractivity contribution in [3.63, 3.8) is 0 Å². The van der Waals surface area contributed by atoms with Gasteiger partial charge in [-0.15, -0.1) is 0 Å². The summed E-state index contributed by atoms with van der Waals surface area (Å²) in [7, 11) is 0. The van der Waals surface area contributed by atoms with E-state index in [1.165, 1.54) is 0 Å². The number of likely N-dealkylation sites (N-methyl/N-ethyl adjacent to an activating group) is 1. The summed E-state index contributed by atoms with van der Waals surface area (Å²) in [5.41, 5.74) is 0.671. The number of benzene rings is 1. The van der Waals surface area contributed by atoms with Gasteiger partial charge in [-0.05, 0) is 50.1 Å². The lowest BCUT2D eigenvalue weighted by molar-refractivity contribution is -0.139. The van der Waals surface area contributed by atoms with Crippen molar-refractivity contribution >= 4 is 11.9 Å². The smallest absolute Gasteiger partial charge is 0.317 e. The molecule has 1 fully saturated rings. The highest BCUT2D eigenvalue weighted by molar-refractivity contribution is 5.94. The Morgan fingerprint density at radius 3 is 2.38 bits per heavy atom. The van der Waals surface area contributed by atoms with E-state index in [1.54, 1.807) is 0 Å². The second-order valence-corrected chi connectivity index (χ2v) is 6.71. The quantitative estimate of drug-likeness (QED) is 0.684. The zero-order valence-electron chi connectivity index (χ0n) is 15.8. The van der Waals surface area contributed by atoms with E-state index in [2.05, 4.69) is 6.92 Å². The molecule has 0 aromatic heterocycles. The van der Waals surface area contributed by atoms with E-state index in [0.29, 0.717) is 31.8 Å². The summed E-state index contributed by atoms with van der Waals surface area (Å²) in [4.78, 5) is 27.5. The first-order valence-electron chi connectivity index (χ1n) is 9.53. The zero-order valence-corrected chi connectivity index (χ0v) is 15.8. The Balaban J connectivity index is 1.86. The van der Waals surface area contributed by atoms with E-state index in [4.69, 9.17) is 9.84 Å². The molecule has 1 aromatic carbocycles. The molecule has 6 nitrogen and oxygen atoms in total. The molecule has 1 saturated heterocycles. The van der Waals surface area contributed by atoms with Crippen LogP contribution in [0.1, 0.15) is 49.9 Å². The van der Waals surface area contributed by atoms with Crippen LogP contribution in [0.25, 0.3) is 0 Å². The molecular formula is C20H30N2O4. The summed E-state index contributed by atoms with van der Waals surface area (Å²) in [5.74, 6) is 0.0254. The number of ether oxygens (including phenoxy) is 1. The van der Waals surface area contributed by atoms with Crippen molar-refractivity contribution in [3.8, 4) is 5.75 Å². The number of aliphatic carboxylic acids is 1. The van der Waals surface area contributed by atoms with Gasteiger partial charge in [-0.25, -0.2) is 0 Å². The van der Waals surface area contributed by atoms with Crippen molar-refractivity contribution in [1.82, 2.24) is 9.80 Å². The number of unbranched alkanes of at least 4 members (excludes halogenated alkanes) is 1. The Morgan fingerprint density at radius 2 is 1.85 bits per heavy atom. The van der Waals surface area contributed by atoms with Crippen LogP contribution in [-0.4, -0.2) is 65.6 Å². The number of nitrogens with zero attached hydrogens (tertiary/aromatic N) is 2. The molecule has 0 aliphatic carbocycles. The van der Waals surface area contributed by atoms with Gasteiger partial charge in [0.15, 0.2) is 0 Å². The van der Waals surface area contributed by atoms with Gasteiger partial charge in [0.2, 0.25) is 0 Å². The first-order valence-corrected chi connectivity index (χ1v) is 9.53. The molecule has 0 radical (unpaired) electrons. The second-order valence-electron chi connectivity index (χ2n) is 6.71. The third-order valence-corrected chi connectivity index (χ3v) is 4.88. The normalized spacial score (nSPS) is 15.3. The Morgan fingerprint density at radius 1 is 1.19 bits per heavy atom. The van der Waals surface area contributed by atoms with Gasteiger partial charge in [0, 0.05) is 24.7 Å². The van der Waals surface area contributed by atoms with Gasteiger partial charge < -0.3 is 14.7 Å². The molecule has 26 heavy (non-hydrogen) atoms. The van der Waals surface area contributed by atoms with Crippen molar-refractivity contribution < 1.29 is 19.4 Å². The molecule has 2 rings (SSSR count). The molecule has 0 saturated carbocycles. The van der Waals surface area contributed by atoms with Gasteiger partial charge in [0.25, 0.3) is 5.91 Å². The van der Waals surface area contributed by atoms with Crippen LogP contribution >= 0.6 is 0 Å². The number of piperidine rings is 1. The fourth-order valence-electron chi connectivity index (χ4n) is 3.32. The zero-order chi connectivity index (χ0) is 18.9. The molecule has 1 N–H and O–H groups in total. The average Bonchev–Trinajstić information content (AvgIpc) is 2.66. The topological polar surface area (TPSA) is 70.1 Å². The second kappa shape index (κ2) is 10.2. The summed E-state index contributed by atoms with van der Waals surface area (Å²) in [6, 6.07) is 7.56. The molecule has 144 valence electrons. The minimum atomic E-state index is -0.799. The van der Waals surface area contributed by atoms with Crippen LogP contribution in [0.3, 0.4) is 0 Å². The van der Waals surface area contributed by atoms with Crippen LogP contribution in [0, 0.1) is 0 Å². The van der Waals surface area contributed by atoms with Crippen LogP contribution in [0.2, 0.25) is 0 Å². The fraction of sp³-hybridized carbons (Fsp3) is 0.600. The van der Waals surface area contributed by atoms with Gasteiger partial charge in [-0.2, -0.15) is 0 Å². The predicted molar refractivity (Wildman–Crippen MR) is 101 cm³/mol. The first kappa shape index (κ1) is 20.2. The predicted octanol–water partition coefficient (Wildman–Crippen LogP) is 2.88. The highest BCUT2D eigenvalue weighted by atomic mass is 16.5. The fourth-order valence-corrected chi connectivity index (χ4v) is 3.32. The van der Waals surface area contributed by atoms with Crippen molar-refractivity contribution in [2.75, 3.05) is 32.8 Å². The van der Waals surface area contributed by atoms with E-state index >= 15 is 0 Å². The summed E-state index contributed by atoms with van der Waals surface area (Å²) in [6.45, 7) is 6.89. The average molecular weight is 362 g/mol. The van der Waals surface area contributed by atoms with Crippen molar-refractivity contribution in [2.24, 2.45) is 0 Å². The van der Waals surface area contributed by atoms with Gasteiger partial charge in [-0.3, -0.25) is 14.5 Å². The molecule has 0 bridgehead atoms. The lowest BCUT2D eigenvalue weighted by Crippen LogP contribution is -2.48. The maximum absolute atomic E-state index is 12.7. The molecule has 1 amide bonds. The Bertz CT molecular complexity index is 580. The molecule has 1 aliphatic rings. The SMILES string of the molecule is CCCCOc1ccc(C(=O)N2CCC(N(CC)CC(=O)O)CC2)cc1. The van der Waals surface area contributed by atoms with E-state index in [0.717, 1.165) is 31.4 Å². The maximum Gasteiger partial charge on any atom is 0.317 e. The minimum absolute atomic E-state index is 0.0323. The highest BCUT2D eigenvalue weighted by Gasteiger charge is 2.27. The first-order chi connectivity index (χ1) is 12.5. The lowest BCUT2D eigenvalue weighted by atomic mass is 10.0. The monoisotopic (exact) mass is 362 g/mol. The summed E-state index contributed by atoms with van der Waals surface area (Å²) < 4.78 is 5.63. The van der Waals surface area contributed by atoms with E-state index in [-0.39, 0.29) is 18.5 Å². The van der Waals surface area contributed by atoms with Crippen molar-refractivity contribution in [1.29, 1.82) is 0 Å². The summed E-state index contributed by atoms with van der Waals surface area (Å²) in [5, 5.41) is 9.01. The number of carbonyl (C=O) groups excluding carboxylic acids is 1. The van der Waals surface area contributed by atoms with Crippen LogP contribution < -0.4 is 4.74 Å². The number of amides is 1. The number of hydrogen-bond donors (Lipinski definition) is 1. The van der Waals surface area contributed by atoms with Gasteiger partial charge in [0.1, 0.15) is 5.75 Å². The number of carbonyl (C=O) groups is 2. The third kappa shape index (κ3) is 5.73. The number of carboxylic acid groups (broad SMARTS) is 1. The largest absolute Gasteiger partial charge is 0.494 e. The molecule has 1 aromatic rings. The minimum Gasteiger partial charge on any atom is -0.494 e. The van der Waals surface area contributed by atoms with E-state index in [9.17, 15) is 9.59 Å². The molecule has 1 aliphatic heterocycles. The number of likely N-dealkylation sites (tertiary alicyclic amines) is 1. The maximum atomic E-state index is 12.7. The lowest BCUT2D eigenvalue weighted by Gasteiger charge is -2.37. The third-order valence-electron chi connectivity index (χ3n) is 4.88. The number of rotatable bonds is 9.